The van der Waals surface area contributed by atoms with E-state index < -0.39 is 5.91 Å². The number of carbonyl (C=O) groups excluding carboxylic acids is 1. The summed E-state index contributed by atoms with van der Waals surface area (Å²) < 4.78 is 1.07. The molecule has 0 aliphatic carbocycles. The smallest absolute Gasteiger partial charge is 0.245 e. The number of nitrogens with one attached hydrogen (secondary N) is 1. The Labute approximate surface area is 88.2 Å². The summed E-state index contributed by atoms with van der Waals surface area (Å²) >= 11 is 4.94. The summed E-state index contributed by atoms with van der Waals surface area (Å²) in [4.78, 5) is 16.2. The van der Waals surface area contributed by atoms with Gasteiger partial charge in [0.05, 0.1) is 10.3 Å². The van der Waals surface area contributed by atoms with Gasteiger partial charge in [0, 0.05) is 4.88 Å². The fourth-order valence-electron chi connectivity index (χ4n) is 0.691. The number of halogens is 1. The highest BCUT2D eigenvalue weighted by Crippen LogP contribution is 2.21. The Bertz CT molecular complexity index is 290. The number of hydroxylamine groups is 1. The van der Waals surface area contributed by atoms with Crippen LogP contribution in [0.3, 0.4) is 0 Å². The number of primary amides is 1. The maximum atomic E-state index is 10.3. The molecule has 0 fully saturated rings. The summed E-state index contributed by atoms with van der Waals surface area (Å²) in [6.07, 6.45) is 0. The molecule has 3 N–H and O–H groups in total. The zero-order valence-electron chi connectivity index (χ0n) is 6.75. The van der Waals surface area contributed by atoms with Crippen LogP contribution in [0, 0.1) is 0 Å². The van der Waals surface area contributed by atoms with Gasteiger partial charge < -0.3 is 5.73 Å². The van der Waals surface area contributed by atoms with E-state index in [1.54, 1.807) is 11.3 Å². The Hall–Kier alpha value is -0.430. The predicted octanol–water partition coefficient (Wildman–Crippen LogP) is 1.02. The summed E-state index contributed by atoms with van der Waals surface area (Å²) in [6, 6.07) is 3.92. The first-order valence-corrected chi connectivity index (χ1v) is 5.16. The van der Waals surface area contributed by atoms with Crippen molar-refractivity contribution in [1.82, 2.24) is 5.48 Å². The van der Waals surface area contributed by atoms with E-state index in [-0.39, 0.29) is 6.61 Å². The van der Waals surface area contributed by atoms with E-state index in [9.17, 15) is 4.79 Å². The number of carbonyl (C=O) groups is 1. The highest BCUT2D eigenvalue weighted by atomic mass is 79.9. The monoisotopic (exact) mass is 264 g/mol. The van der Waals surface area contributed by atoms with Gasteiger partial charge in [0.25, 0.3) is 0 Å². The molecule has 0 atom stereocenters. The van der Waals surface area contributed by atoms with Gasteiger partial charge in [-0.2, -0.15) is 5.48 Å². The van der Waals surface area contributed by atoms with Crippen molar-refractivity contribution < 1.29 is 9.63 Å². The Morgan fingerprint density at radius 1 is 1.69 bits per heavy atom. The maximum Gasteiger partial charge on any atom is 0.245 e. The molecule has 0 spiro atoms. The van der Waals surface area contributed by atoms with Crippen LogP contribution in [0.5, 0.6) is 0 Å². The van der Waals surface area contributed by atoms with Crippen LogP contribution < -0.4 is 11.2 Å². The molecule has 1 amide bonds. The molecule has 0 unspecified atom stereocenters. The number of rotatable bonds is 5. The summed E-state index contributed by atoms with van der Waals surface area (Å²) in [5.41, 5.74) is 7.50. The third-order valence-corrected chi connectivity index (χ3v) is 2.82. The second-order valence-electron chi connectivity index (χ2n) is 2.28. The van der Waals surface area contributed by atoms with Crippen LogP contribution in [-0.4, -0.2) is 12.5 Å². The highest BCUT2D eigenvalue weighted by Gasteiger charge is 1.97. The normalized spacial score (nSPS) is 10.2. The minimum absolute atomic E-state index is 0.105. The molecule has 1 heterocycles. The van der Waals surface area contributed by atoms with Crippen molar-refractivity contribution in [2.24, 2.45) is 5.73 Å². The van der Waals surface area contributed by atoms with Gasteiger partial charge in [-0.1, -0.05) is 0 Å². The topological polar surface area (TPSA) is 64.4 Å². The minimum Gasteiger partial charge on any atom is -0.368 e. The number of hydrogen-bond donors (Lipinski definition) is 2. The van der Waals surface area contributed by atoms with Gasteiger partial charge in [0.2, 0.25) is 5.91 Å². The molecule has 0 radical (unpaired) electrons. The molecule has 0 aliphatic rings. The Balaban J connectivity index is 2.16. The van der Waals surface area contributed by atoms with Gasteiger partial charge in [-0.25, -0.2) is 0 Å². The van der Waals surface area contributed by atoms with Crippen molar-refractivity contribution in [3.8, 4) is 0 Å². The number of nitrogens with two attached hydrogens (primary N) is 1. The lowest BCUT2D eigenvalue weighted by molar-refractivity contribution is -0.125. The predicted molar refractivity (Wildman–Crippen MR) is 54.0 cm³/mol. The molecule has 1 aromatic rings. The molecule has 0 saturated carbocycles. The summed E-state index contributed by atoms with van der Waals surface area (Å²) in [5, 5.41) is 0. The van der Waals surface area contributed by atoms with Gasteiger partial charge in [-0.15, -0.1) is 11.3 Å². The lowest BCUT2D eigenvalue weighted by Gasteiger charge is -2.00. The van der Waals surface area contributed by atoms with Gasteiger partial charge in [-0.05, 0) is 28.1 Å². The Kier molecular flexibility index (Phi) is 4.37. The summed E-state index contributed by atoms with van der Waals surface area (Å²) in [5.74, 6) is -0.486. The Morgan fingerprint density at radius 2 is 2.46 bits per heavy atom. The molecule has 1 rings (SSSR count). The quantitative estimate of drug-likeness (QED) is 0.617. The van der Waals surface area contributed by atoms with Crippen molar-refractivity contribution >= 4 is 33.2 Å². The van der Waals surface area contributed by atoms with Crippen molar-refractivity contribution in [1.29, 1.82) is 0 Å². The van der Waals surface area contributed by atoms with Crippen molar-refractivity contribution in [3.63, 3.8) is 0 Å². The van der Waals surface area contributed by atoms with E-state index in [0.29, 0.717) is 6.54 Å². The highest BCUT2D eigenvalue weighted by molar-refractivity contribution is 9.11. The van der Waals surface area contributed by atoms with Crippen LogP contribution in [0.2, 0.25) is 0 Å². The molecule has 0 saturated heterocycles. The zero-order chi connectivity index (χ0) is 9.68. The molecule has 0 aliphatic heterocycles. The van der Waals surface area contributed by atoms with E-state index in [2.05, 4.69) is 21.4 Å². The lowest BCUT2D eigenvalue weighted by atomic mass is 10.5. The SMILES string of the molecule is NC(=O)CONCc1ccc(Br)s1. The van der Waals surface area contributed by atoms with E-state index in [1.807, 2.05) is 12.1 Å². The second-order valence-corrected chi connectivity index (χ2v) is 4.83. The van der Waals surface area contributed by atoms with Crippen LogP contribution in [0.1, 0.15) is 4.88 Å². The first-order chi connectivity index (χ1) is 6.18. The second kappa shape index (κ2) is 5.33. The summed E-state index contributed by atoms with van der Waals surface area (Å²) in [6.45, 7) is 0.468. The van der Waals surface area contributed by atoms with E-state index in [1.165, 1.54) is 0 Å². The van der Waals surface area contributed by atoms with E-state index in [4.69, 9.17) is 10.6 Å². The van der Waals surface area contributed by atoms with E-state index in [0.717, 1.165) is 8.66 Å². The third kappa shape index (κ3) is 4.37. The molecule has 72 valence electrons. The van der Waals surface area contributed by atoms with Gasteiger partial charge in [-0.3, -0.25) is 9.63 Å². The molecule has 1 aromatic heterocycles. The van der Waals surface area contributed by atoms with E-state index >= 15 is 0 Å². The Morgan fingerprint density at radius 3 is 3.00 bits per heavy atom. The molecule has 13 heavy (non-hydrogen) atoms. The third-order valence-electron chi connectivity index (χ3n) is 1.19. The van der Waals surface area contributed by atoms with Crippen LogP contribution in [0.15, 0.2) is 15.9 Å². The molecule has 0 bridgehead atoms. The fraction of sp³-hybridized carbons (Fsp3) is 0.286. The maximum absolute atomic E-state index is 10.3. The first-order valence-electron chi connectivity index (χ1n) is 3.55. The van der Waals surface area contributed by atoms with Crippen LogP contribution >= 0.6 is 27.3 Å². The summed E-state index contributed by atoms with van der Waals surface area (Å²) in [7, 11) is 0. The number of hydrogen-bond acceptors (Lipinski definition) is 4. The van der Waals surface area contributed by atoms with Crippen molar-refractivity contribution in [3.05, 3.63) is 20.8 Å². The van der Waals surface area contributed by atoms with Crippen LogP contribution in [0.4, 0.5) is 0 Å². The minimum atomic E-state index is -0.486. The van der Waals surface area contributed by atoms with Gasteiger partial charge in [0.15, 0.2) is 0 Å². The molecule has 4 nitrogen and oxygen atoms in total. The zero-order valence-corrected chi connectivity index (χ0v) is 9.15. The molecular weight excluding hydrogens is 256 g/mol. The molecular formula is C7H9BrN2O2S. The number of amides is 1. The standard InChI is InChI=1S/C7H9BrN2O2S/c8-6-2-1-5(13-6)3-10-12-4-7(9)11/h1-2,10H,3-4H2,(H2,9,11). The average Bonchev–Trinajstić information content (AvgIpc) is 2.45. The molecule has 6 heteroatoms. The number of thiophene rings is 1. The lowest BCUT2D eigenvalue weighted by Crippen LogP contribution is -2.24. The molecule has 0 aromatic carbocycles. The fourth-order valence-corrected chi connectivity index (χ4v) is 2.10. The van der Waals surface area contributed by atoms with Gasteiger partial charge in [0.1, 0.15) is 6.61 Å². The van der Waals surface area contributed by atoms with Crippen molar-refractivity contribution in [2.45, 2.75) is 6.54 Å². The first kappa shape index (κ1) is 10.6. The van der Waals surface area contributed by atoms with Crippen LogP contribution in [0.25, 0.3) is 0 Å². The largest absolute Gasteiger partial charge is 0.368 e. The van der Waals surface area contributed by atoms with Gasteiger partial charge >= 0.3 is 0 Å². The van der Waals surface area contributed by atoms with Crippen LogP contribution in [-0.2, 0) is 16.2 Å². The van der Waals surface area contributed by atoms with Crippen molar-refractivity contribution in [2.75, 3.05) is 6.61 Å². The average molecular weight is 265 g/mol.